The van der Waals surface area contributed by atoms with Gasteiger partial charge in [0, 0.05) is 49.0 Å². The molecule has 0 N–H and O–H groups in total. The molecule has 0 aliphatic rings. The van der Waals surface area contributed by atoms with Crippen molar-refractivity contribution < 1.29 is 0 Å². The van der Waals surface area contributed by atoms with E-state index in [4.69, 9.17) is 23.2 Å². The number of anilines is 1. The van der Waals surface area contributed by atoms with Crippen molar-refractivity contribution in [2.45, 2.75) is 33.2 Å². The maximum atomic E-state index is 5.89. The molecule has 0 aliphatic carbocycles. The number of hydrogen-bond acceptors (Lipinski definition) is 2. The molecule has 0 heterocycles. The Labute approximate surface area is 153 Å². The van der Waals surface area contributed by atoms with Gasteiger partial charge in [-0.3, -0.25) is 4.90 Å². The van der Waals surface area contributed by atoms with E-state index in [0.29, 0.717) is 11.8 Å². The highest BCUT2D eigenvalue weighted by molar-refractivity contribution is 9.10. The van der Waals surface area contributed by atoms with Gasteiger partial charge in [-0.25, -0.2) is 0 Å². The standard InChI is InChI=1S/C17H27BrCl2N2/c1-3-9-22(10-4-2)17-13-15(5-6-16(17)18)14-21(11-7-19)12-8-20/h5-6,13H,3-4,7-12,14H2,1-2H3. The van der Waals surface area contributed by atoms with E-state index in [9.17, 15) is 0 Å². The monoisotopic (exact) mass is 408 g/mol. The van der Waals surface area contributed by atoms with Gasteiger partial charge >= 0.3 is 0 Å². The van der Waals surface area contributed by atoms with Crippen LogP contribution in [0.25, 0.3) is 0 Å². The number of alkyl halides is 2. The van der Waals surface area contributed by atoms with Crippen molar-refractivity contribution in [3.63, 3.8) is 0 Å². The van der Waals surface area contributed by atoms with Crippen molar-refractivity contribution in [2.24, 2.45) is 0 Å². The third-order valence-electron chi connectivity index (χ3n) is 3.55. The first kappa shape index (κ1) is 20.1. The Morgan fingerprint density at radius 1 is 0.955 bits per heavy atom. The lowest BCUT2D eigenvalue weighted by Gasteiger charge is -2.27. The quantitative estimate of drug-likeness (QED) is 0.454. The summed E-state index contributed by atoms with van der Waals surface area (Å²) in [5, 5.41) is 0. The summed E-state index contributed by atoms with van der Waals surface area (Å²) in [5.74, 6) is 1.27. The van der Waals surface area contributed by atoms with E-state index in [0.717, 1.165) is 45.6 Å². The molecule has 0 saturated heterocycles. The zero-order valence-corrected chi connectivity index (χ0v) is 16.7. The van der Waals surface area contributed by atoms with Crippen molar-refractivity contribution in [1.29, 1.82) is 0 Å². The topological polar surface area (TPSA) is 6.48 Å². The second kappa shape index (κ2) is 11.6. The molecule has 1 aromatic rings. The van der Waals surface area contributed by atoms with Crippen molar-refractivity contribution in [2.75, 3.05) is 42.8 Å². The molecule has 0 aliphatic heterocycles. The molecule has 0 atom stereocenters. The van der Waals surface area contributed by atoms with Crippen LogP contribution >= 0.6 is 39.1 Å². The van der Waals surface area contributed by atoms with E-state index in [-0.39, 0.29) is 0 Å². The SMILES string of the molecule is CCCN(CCC)c1cc(CN(CCCl)CCCl)ccc1Br. The van der Waals surface area contributed by atoms with Crippen molar-refractivity contribution in [3.8, 4) is 0 Å². The predicted molar refractivity (Wildman–Crippen MR) is 104 cm³/mol. The van der Waals surface area contributed by atoms with E-state index in [1.807, 2.05) is 0 Å². The molecule has 0 unspecified atom stereocenters. The summed E-state index contributed by atoms with van der Waals surface area (Å²) < 4.78 is 1.17. The van der Waals surface area contributed by atoms with Crippen LogP contribution in [0.2, 0.25) is 0 Å². The molecule has 1 rings (SSSR count). The summed E-state index contributed by atoms with van der Waals surface area (Å²) in [6, 6.07) is 6.63. The molecule has 0 amide bonds. The lowest BCUT2D eigenvalue weighted by atomic mass is 10.1. The highest BCUT2D eigenvalue weighted by Crippen LogP contribution is 2.28. The molecular weight excluding hydrogens is 383 g/mol. The molecule has 0 bridgehead atoms. The minimum atomic E-state index is 0.637. The van der Waals surface area contributed by atoms with Crippen LogP contribution in [-0.4, -0.2) is 42.8 Å². The predicted octanol–water partition coefficient (Wildman–Crippen LogP) is 5.36. The van der Waals surface area contributed by atoms with Crippen molar-refractivity contribution >= 4 is 44.8 Å². The van der Waals surface area contributed by atoms with Crippen LogP contribution in [0.15, 0.2) is 22.7 Å². The van der Waals surface area contributed by atoms with Crippen LogP contribution < -0.4 is 4.90 Å². The van der Waals surface area contributed by atoms with E-state index >= 15 is 0 Å². The summed E-state index contributed by atoms with van der Waals surface area (Å²) in [4.78, 5) is 4.76. The fourth-order valence-electron chi connectivity index (χ4n) is 2.56. The molecule has 0 fully saturated rings. The summed E-state index contributed by atoms with van der Waals surface area (Å²) in [6.45, 7) is 9.25. The van der Waals surface area contributed by atoms with Gasteiger partial charge < -0.3 is 4.90 Å². The second-order valence-electron chi connectivity index (χ2n) is 5.43. The number of benzene rings is 1. The van der Waals surface area contributed by atoms with E-state index in [1.165, 1.54) is 15.7 Å². The van der Waals surface area contributed by atoms with Gasteiger partial charge in [0.25, 0.3) is 0 Å². The Morgan fingerprint density at radius 2 is 1.55 bits per heavy atom. The Balaban J connectivity index is 2.91. The first-order chi connectivity index (χ1) is 10.7. The molecule has 0 radical (unpaired) electrons. The Morgan fingerprint density at radius 3 is 2.05 bits per heavy atom. The first-order valence-corrected chi connectivity index (χ1v) is 9.90. The van der Waals surface area contributed by atoms with Gasteiger partial charge in [-0.15, -0.1) is 23.2 Å². The first-order valence-electron chi connectivity index (χ1n) is 8.03. The normalized spacial score (nSPS) is 11.2. The van der Waals surface area contributed by atoms with Gasteiger partial charge in [0.05, 0.1) is 5.69 Å². The van der Waals surface area contributed by atoms with Gasteiger partial charge in [-0.05, 0) is 46.5 Å². The second-order valence-corrected chi connectivity index (χ2v) is 7.04. The molecule has 2 nitrogen and oxygen atoms in total. The maximum absolute atomic E-state index is 5.89. The van der Waals surface area contributed by atoms with Gasteiger partial charge in [0.2, 0.25) is 0 Å². The van der Waals surface area contributed by atoms with Gasteiger partial charge in [0.1, 0.15) is 0 Å². The average Bonchev–Trinajstić information content (AvgIpc) is 2.49. The molecule has 5 heteroatoms. The van der Waals surface area contributed by atoms with Crippen LogP contribution in [0.5, 0.6) is 0 Å². The van der Waals surface area contributed by atoms with Gasteiger partial charge in [-0.2, -0.15) is 0 Å². The molecule has 0 spiro atoms. The minimum Gasteiger partial charge on any atom is -0.371 e. The van der Waals surface area contributed by atoms with Crippen LogP contribution in [0.1, 0.15) is 32.3 Å². The van der Waals surface area contributed by atoms with Crippen LogP contribution in [0, 0.1) is 0 Å². The lowest BCUT2D eigenvalue weighted by Crippen LogP contribution is -2.28. The van der Waals surface area contributed by atoms with E-state index in [2.05, 4.69) is 57.8 Å². The Hall–Kier alpha value is 0.0400. The van der Waals surface area contributed by atoms with Crippen molar-refractivity contribution in [1.82, 2.24) is 4.90 Å². The molecule has 0 aromatic heterocycles. The van der Waals surface area contributed by atoms with E-state index < -0.39 is 0 Å². The number of halogens is 3. The summed E-state index contributed by atoms with van der Waals surface area (Å²) in [5.41, 5.74) is 2.60. The zero-order chi connectivity index (χ0) is 16.4. The number of hydrogen-bond donors (Lipinski definition) is 0. The molecule has 0 saturated carbocycles. The van der Waals surface area contributed by atoms with Gasteiger partial charge in [-0.1, -0.05) is 19.9 Å². The molecule has 126 valence electrons. The summed E-state index contributed by atoms with van der Waals surface area (Å²) in [7, 11) is 0. The largest absolute Gasteiger partial charge is 0.371 e. The smallest absolute Gasteiger partial charge is 0.0513 e. The zero-order valence-electron chi connectivity index (χ0n) is 13.6. The number of nitrogens with zero attached hydrogens (tertiary/aromatic N) is 2. The third kappa shape index (κ3) is 6.66. The highest BCUT2D eigenvalue weighted by atomic mass is 79.9. The minimum absolute atomic E-state index is 0.637. The van der Waals surface area contributed by atoms with Crippen LogP contribution in [-0.2, 0) is 6.54 Å². The van der Waals surface area contributed by atoms with E-state index in [1.54, 1.807) is 0 Å². The number of rotatable bonds is 11. The average molecular weight is 410 g/mol. The van der Waals surface area contributed by atoms with Crippen LogP contribution in [0.4, 0.5) is 5.69 Å². The van der Waals surface area contributed by atoms with Crippen molar-refractivity contribution in [3.05, 3.63) is 28.2 Å². The molecular formula is C17H27BrCl2N2. The summed E-state index contributed by atoms with van der Waals surface area (Å²) in [6.07, 6.45) is 2.31. The van der Waals surface area contributed by atoms with Gasteiger partial charge in [0.15, 0.2) is 0 Å². The maximum Gasteiger partial charge on any atom is 0.0513 e. The highest BCUT2D eigenvalue weighted by Gasteiger charge is 2.11. The fraction of sp³-hybridized carbons (Fsp3) is 0.647. The Bertz CT molecular complexity index is 417. The fourth-order valence-corrected chi connectivity index (χ4v) is 3.53. The molecule has 22 heavy (non-hydrogen) atoms. The lowest BCUT2D eigenvalue weighted by molar-refractivity contribution is 0.299. The third-order valence-corrected chi connectivity index (χ3v) is 4.55. The summed E-state index contributed by atoms with van der Waals surface area (Å²) >= 11 is 15.5. The van der Waals surface area contributed by atoms with Crippen LogP contribution in [0.3, 0.4) is 0 Å². The Kier molecular flexibility index (Phi) is 10.6. The molecule has 1 aromatic carbocycles.